The van der Waals surface area contributed by atoms with Crippen molar-refractivity contribution in [3.05, 3.63) is 206 Å². The number of aromatic nitrogens is 1. The van der Waals surface area contributed by atoms with Crippen molar-refractivity contribution >= 4 is 60.4 Å². The fraction of sp³-hybridized carbons (Fsp3) is 0. The van der Waals surface area contributed by atoms with Gasteiger partial charge in [-0.3, -0.25) is 0 Å². The monoisotopic (exact) mass is 662 g/mol. The lowest BCUT2D eigenvalue weighted by Gasteiger charge is -2.28. The smallest absolute Gasteiger partial charge is 0.0541 e. The molecule has 0 spiro atoms. The van der Waals surface area contributed by atoms with Crippen LogP contribution in [0.1, 0.15) is 0 Å². The first-order valence-corrected chi connectivity index (χ1v) is 17.9. The van der Waals surface area contributed by atoms with E-state index in [4.69, 9.17) is 0 Å². The largest absolute Gasteiger partial charge is 0.310 e. The van der Waals surface area contributed by atoms with Crippen LogP contribution in [0, 0.1) is 0 Å². The molecule has 0 N–H and O–H groups in total. The van der Waals surface area contributed by atoms with Gasteiger partial charge in [-0.15, -0.1) is 0 Å². The number of hydrogen-bond donors (Lipinski definition) is 0. The number of para-hydroxylation sites is 2. The van der Waals surface area contributed by atoms with Crippen LogP contribution < -0.4 is 4.90 Å². The van der Waals surface area contributed by atoms with Gasteiger partial charge in [0.05, 0.1) is 16.7 Å². The Morgan fingerprint density at radius 1 is 0.346 bits per heavy atom. The van der Waals surface area contributed by atoms with E-state index < -0.39 is 0 Å². The number of rotatable bonds is 6. The molecule has 0 amide bonds. The van der Waals surface area contributed by atoms with Crippen LogP contribution >= 0.6 is 0 Å². The summed E-state index contributed by atoms with van der Waals surface area (Å²) < 4.78 is 2.39. The Labute approximate surface area is 303 Å². The maximum Gasteiger partial charge on any atom is 0.0541 e. The van der Waals surface area contributed by atoms with E-state index in [1.165, 1.54) is 65.6 Å². The predicted molar refractivity (Wildman–Crippen MR) is 221 cm³/mol. The highest BCUT2D eigenvalue weighted by molar-refractivity contribution is 6.10. The average molecular weight is 663 g/mol. The molecule has 0 fully saturated rings. The summed E-state index contributed by atoms with van der Waals surface area (Å²) in [7, 11) is 0. The van der Waals surface area contributed by atoms with Crippen LogP contribution in [0.2, 0.25) is 0 Å². The van der Waals surface area contributed by atoms with Crippen molar-refractivity contribution in [2.45, 2.75) is 0 Å². The molecule has 0 aliphatic carbocycles. The highest BCUT2D eigenvalue weighted by Crippen LogP contribution is 2.42. The molecule has 0 atom stereocenters. The second-order valence-electron chi connectivity index (χ2n) is 13.3. The Balaban J connectivity index is 1.15. The quantitative estimate of drug-likeness (QED) is 0.172. The fourth-order valence-electron chi connectivity index (χ4n) is 8.03. The summed E-state index contributed by atoms with van der Waals surface area (Å²) in [6.07, 6.45) is 0. The molecule has 0 saturated carbocycles. The molecule has 1 aromatic heterocycles. The second-order valence-corrected chi connectivity index (χ2v) is 13.3. The molecule has 52 heavy (non-hydrogen) atoms. The van der Waals surface area contributed by atoms with E-state index in [-0.39, 0.29) is 0 Å². The summed E-state index contributed by atoms with van der Waals surface area (Å²) >= 11 is 0. The first-order valence-electron chi connectivity index (χ1n) is 17.9. The molecule has 10 rings (SSSR count). The van der Waals surface area contributed by atoms with E-state index in [9.17, 15) is 0 Å². The summed E-state index contributed by atoms with van der Waals surface area (Å²) in [4.78, 5) is 2.40. The predicted octanol–water partition coefficient (Wildman–Crippen LogP) is 13.9. The minimum atomic E-state index is 1.10. The normalized spacial score (nSPS) is 11.5. The lowest BCUT2D eigenvalue weighted by atomic mass is 9.91. The van der Waals surface area contributed by atoms with Crippen LogP contribution in [-0.2, 0) is 0 Å². The van der Waals surface area contributed by atoms with Crippen molar-refractivity contribution in [1.82, 2.24) is 4.57 Å². The lowest BCUT2D eigenvalue weighted by Crippen LogP contribution is -2.11. The lowest BCUT2D eigenvalue weighted by molar-refractivity contribution is 1.17. The van der Waals surface area contributed by atoms with E-state index in [0.29, 0.717) is 0 Å². The average Bonchev–Trinajstić information content (AvgIpc) is 3.56. The Hall–Kier alpha value is -6.90. The van der Waals surface area contributed by atoms with Gasteiger partial charge in [0, 0.05) is 33.2 Å². The molecular formula is C50H34N2. The van der Waals surface area contributed by atoms with Crippen LogP contribution in [0.15, 0.2) is 206 Å². The summed E-state index contributed by atoms with van der Waals surface area (Å²) in [5.41, 5.74) is 11.8. The number of benzene rings is 9. The molecule has 0 bridgehead atoms. The van der Waals surface area contributed by atoms with E-state index >= 15 is 0 Å². The number of fused-ring (bicyclic) bond motifs is 5. The van der Waals surface area contributed by atoms with Gasteiger partial charge in [0.2, 0.25) is 0 Å². The third kappa shape index (κ3) is 4.96. The Kier molecular flexibility index (Phi) is 7.18. The highest BCUT2D eigenvalue weighted by Gasteiger charge is 2.18. The van der Waals surface area contributed by atoms with E-state index in [1.54, 1.807) is 0 Å². The van der Waals surface area contributed by atoms with Crippen molar-refractivity contribution in [3.63, 3.8) is 0 Å². The second kappa shape index (κ2) is 12.5. The van der Waals surface area contributed by atoms with E-state index in [2.05, 4.69) is 216 Å². The summed E-state index contributed by atoms with van der Waals surface area (Å²) in [5, 5.41) is 7.45. The zero-order chi connectivity index (χ0) is 34.4. The molecule has 2 nitrogen and oxygen atoms in total. The molecule has 0 aliphatic heterocycles. The van der Waals surface area contributed by atoms with Crippen molar-refractivity contribution in [2.75, 3.05) is 4.90 Å². The van der Waals surface area contributed by atoms with Gasteiger partial charge in [-0.05, 0) is 86.9 Å². The number of nitrogens with zero attached hydrogens (tertiary/aromatic N) is 2. The SMILES string of the molecule is c1ccc(-c2cccc3cccc(-c4ccc(N(c5cccc(-n6c7ccccc7c7ccccc76)c5)c5cccc6ccccc56)cc4)c23)cc1. The third-order valence-electron chi connectivity index (χ3n) is 10.4. The first-order chi connectivity index (χ1) is 25.8. The molecule has 0 aliphatic rings. The highest BCUT2D eigenvalue weighted by atomic mass is 15.1. The van der Waals surface area contributed by atoms with Crippen LogP contribution in [0.5, 0.6) is 0 Å². The third-order valence-corrected chi connectivity index (χ3v) is 10.4. The standard InChI is InChI=1S/C50H34N2/c1-2-14-36(15-3-1)43-25-10-18-38-19-11-26-44(50(38)43)37-30-32-39(33-31-37)51(47-29-12-17-35-16-4-5-22-42(35)47)40-20-13-21-41(34-40)52-48-27-8-6-23-45(48)46-24-7-9-28-49(46)52/h1-34H. The van der Waals surface area contributed by atoms with Gasteiger partial charge >= 0.3 is 0 Å². The van der Waals surface area contributed by atoms with Crippen LogP contribution in [0.4, 0.5) is 17.1 Å². The van der Waals surface area contributed by atoms with Crippen LogP contribution in [0.3, 0.4) is 0 Å². The molecule has 0 unspecified atom stereocenters. The number of anilines is 3. The molecule has 244 valence electrons. The van der Waals surface area contributed by atoms with Crippen molar-refractivity contribution in [2.24, 2.45) is 0 Å². The number of hydrogen-bond acceptors (Lipinski definition) is 1. The van der Waals surface area contributed by atoms with Gasteiger partial charge in [0.15, 0.2) is 0 Å². The minimum absolute atomic E-state index is 1.10. The zero-order valence-electron chi connectivity index (χ0n) is 28.5. The van der Waals surface area contributed by atoms with Gasteiger partial charge in [-0.2, -0.15) is 0 Å². The van der Waals surface area contributed by atoms with Gasteiger partial charge in [-0.1, -0.05) is 158 Å². The summed E-state index contributed by atoms with van der Waals surface area (Å²) in [6.45, 7) is 0. The zero-order valence-corrected chi connectivity index (χ0v) is 28.5. The molecular weight excluding hydrogens is 629 g/mol. The van der Waals surface area contributed by atoms with Gasteiger partial charge < -0.3 is 9.47 Å². The maximum atomic E-state index is 2.40. The Morgan fingerprint density at radius 2 is 0.885 bits per heavy atom. The van der Waals surface area contributed by atoms with Gasteiger partial charge in [-0.25, -0.2) is 0 Å². The van der Waals surface area contributed by atoms with E-state index in [0.717, 1.165) is 22.7 Å². The topological polar surface area (TPSA) is 8.17 Å². The van der Waals surface area contributed by atoms with Crippen molar-refractivity contribution < 1.29 is 0 Å². The molecule has 0 radical (unpaired) electrons. The van der Waals surface area contributed by atoms with Gasteiger partial charge in [0.25, 0.3) is 0 Å². The molecule has 10 aromatic rings. The van der Waals surface area contributed by atoms with Crippen molar-refractivity contribution in [1.29, 1.82) is 0 Å². The molecule has 2 heteroatoms. The summed E-state index contributed by atoms with van der Waals surface area (Å²) in [5.74, 6) is 0. The Bertz CT molecular complexity index is 2840. The first kappa shape index (κ1) is 30.0. The van der Waals surface area contributed by atoms with Crippen molar-refractivity contribution in [3.8, 4) is 27.9 Å². The van der Waals surface area contributed by atoms with Crippen LogP contribution in [0.25, 0.3) is 71.3 Å². The minimum Gasteiger partial charge on any atom is -0.310 e. The maximum absolute atomic E-state index is 2.40. The Morgan fingerprint density at radius 3 is 1.60 bits per heavy atom. The van der Waals surface area contributed by atoms with Crippen LogP contribution in [-0.4, -0.2) is 4.57 Å². The molecule has 0 saturated heterocycles. The van der Waals surface area contributed by atoms with Gasteiger partial charge in [0.1, 0.15) is 0 Å². The van der Waals surface area contributed by atoms with E-state index in [1.807, 2.05) is 0 Å². The summed E-state index contributed by atoms with van der Waals surface area (Å²) in [6, 6.07) is 74.7. The molecule has 9 aromatic carbocycles. The fourth-order valence-corrected chi connectivity index (χ4v) is 8.03. The molecule has 1 heterocycles.